The minimum atomic E-state index is -0.246. The van der Waals surface area contributed by atoms with Crippen molar-refractivity contribution >= 4 is 6.03 Å². The summed E-state index contributed by atoms with van der Waals surface area (Å²) >= 11 is 0. The number of rotatable bonds is 3. The zero-order chi connectivity index (χ0) is 14.5. The Morgan fingerprint density at radius 3 is 2.75 bits per heavy atom. The third-order valence-corrected chi connectivity index (χ3v) is 3.29. The molecule has 2 amide bonds. The van der Waals surface area contributed by atoms with Crippen molar-refractivity contribution in [1.82, 2.24) is 10.2 Å². The van der Waals surface area contributed by atoms with Gasteiger partial charge in [0.05, 0.1) is 12.2 Å². The van der Waals surface area contributed by atoms with E-state index in [1.165, 1.54) is 12.1 Å². The van der Waals surface area contributed by atoms with Gasteiger partial charge < -0.3 is 15.0 Å². The molecule has 0 aliphatic carbocycles. The lowest BCUT2D eigenvalue weighted by molar-refractivity contribution is -0.0544. The monoisotopic (exact) mass is 280 g/mol. The van der Waals surface area contributed by atoms with Crippen LogP contribution in [-0.2, 0) is 11.2 Å². The zero-order valence-corrected chi connectivity index (χ0v) is 11.9. The summed E-state index contributed by atoms with van der Waals surface area (Å²) in [6.45, 7) is 5.64. The Kier molecular flexibility index (Phi) is 4.95. The van der Waals surface area contributed by atoms with Crippen LogP contribution in [0.1, 0.15) is 19.4 Å². The fraction of sp³-hybridized carbons (Fsp3) is 0.533. The van der Waals surface area contributed by atoms with Crippen molar-refractivity contribution in [3.05, 3.63) is 35.6 Å². The quantitative estimate of drug-likeness (QED) is 0.922. The predicted molar refractivity (Wildman–Crippen MR) is 75.1 cm³/mol. The van der Waals surface area contributed by atoms with Gasteiger partial charge in [0.1, 0.15) is 5.82 Å². The van der Waals surface area contributed by atoms with E-state index in [0.717, 1.165) is 5.56 Å². The van der Waals surface area contributed by atoms with Gasteiger partial charge in [-0.3, -0.25) is 0 Å². The van der Waals surface area contributed by atoms with Crippen LogP contribution in [0, 0.1) is 5.82 Å². The van der Waals surface area contributed by atoms with E-state index in [9.17, 15) is 9.18 Å². The van der Waals surface area contributed by atoms with Gasteiger partial charge in [0.15, 0.2) is 0 Å². The van der Waals surface area contributed by atoms with Crippen LogP contribution < -0.4 is 5.32 Å². The van der Waals surface area contributed by atoms with Crippen LogP contribution in [0.4, 0.5) is 9.18 Å². The maximum absolute atomic E-state index is 13.0. The number of benzene rings is 1. The number of hydrogen-bond donors (Lipinski definition) is 1. The van der Waals surface area contributed by atoms with Crippen LogP contribution in [0.15, 0.2) is 24.3 Å². The molecule has 0 bridgehead atoms. The number of hydrogen-bond acceptors (Lipinski definition) is 2. The highest BCUT2D eigenvalue weighted by molar-refractivity contribution is 5.74. The first-order valence-electron chi connectivity index (χ1n) is 6.97. The highest BCUT2D eigenvalue weighted by atomic mass is 19.1. The molecule has 1 aliphatic heterocycles. The third-order valence-electron chi connectivity index (χ3n) is 3.29. The van der Waals surface area contributed by atoms with E-state index in [1.54, 1.807) is 11.0 Å². The molecule has 1 N–H and O–H groups in total. The van der Waals surface area contributed by atoms with Gasteiger partial charge in [-0.2, -0.15) is 0 Å². The molecule has 4 nitrogen and oxygen atoms in total. The highest BCUT2D eigenvalue weighted by Gasteiger charge is 2.25. The Morgan fingerprint density at radius 1 is 1.40 bits per heavy atom. The molecule has 110 valence electrons. The van der Waals surface area contributed by atoms with Gasteiger partial charge >= 0.3 is 6.03 Å². The lowest BCUT2D eigenvalue weighted by Gasteiger charge is -2.35. The second kappa shape index (κ2) is 6.70. The normalized spacial score (nSPS) is 22.6. The lowest BCUT2D eigenvalue weighted by atomic mass is 10.1. The number of carbonyl (C=O) groups is 1. The van der Waals surface area contributed by atoms with Gasteiger partial charge in [-0.25, -0.2) is 9.18 Å². The highest BCUT2D eigenvalue weighted by Crippen LogP contribution is 2.10. The van der Waals surface area contributed by atoms with Gasteiger partial charge in [0, 0.05) is 19.6 Å². The van der Waals surface area contributed by atoms with E-state index in [4.69, 9.17) is 4.74 Å². The van der Waals surface area contributed by atoms with E-state index in [1.807, 2.05) is 19.9 Å². The summed E-state index contributed by atoms with van der Waals surface area (Å²) in [5.41, 5.74) is 0.883. The van der Waals surface area contributed by atoms with Crippen LogP contribution in [0.5, 0.6) is 0 Å². The predicted octanol–water partition coefficient (Wildman–Crippen LogP) is 2.19. The van der Waals surface area contributed by atoms with Crippen molar-refractivity contribution in [3.63, 3.8) is 0 Å². The van der Waals surface area contributed by atoms with Crippen molar-refractivity contribution in [2.45, 2.75) is 32.5 Å². The van der Waals surface area contributed by atoms with E-state index in [0.29, 0.717) is 26.1 Å². The average molecular weight is 280 g/mol. The smallest absolute Gasteiger partial charge is 0.317 e. The first kappa shape index (κ1) is 14.8. The molecular weight excluding hydrogens is 259 g/mol. The van der Waals surface area contributed by atoms with Crippen molar-refractivity contribution in [2.24, 2.45) is 0 Å². The summed E-state index contributed by atoms with van der Waals surface area (Å²) in [5.74, 6) is -0.246. The minimum Gasteiger partial charge on any atom is -0.372 e. The van der Waals surface area contributed by atoms with Crippen molar-refractivity contribution in [3.8, 4) is 0 Å². The third kappa shape index (κ3) is 4.20. The maximum atomic E-state index is 13.0. The molecule has 2 unspecified atom stereocenters. The van der Waals surface area contributed by atoms with Crippen LogP contribution in [0.2, 0.25) is 0 Å². The second-order valence-corrected chi connectivity index (χ2v) is 5.27. The number of ether oxygens (including phenoxy) is 1. The van der Waals surface area contributed by atoms with E-state index in [-0.39, 0.29) is 24.1 Å². The number of halogens is 1. The summed E-state index contributed by atoms with van der Waals surface area (Å²) in [4.78, 5) is 13.8. The summed E-state index contributed by atoms with van der Waals surface area (Å²) in [6, 6.07) is 6.36. The number of amides is 2. The Labute approximate surface area is 118 Å². The van der Waals surface area contributed by atoms with Crippen molar-refractivity contribution < 1.29 is 13.9 Å². The standard InChI is InChI=1S/C15H21FN2O2/c1-11-9-18(10-12(2)20-11)15(19)17-7-6-13-4-3-5-14(16)8-13/h3-5,8,11-12H,6-7,9-10H2,1-2H3,(H,17,19). The SMILES string of the molecule is CC1CN(C(=O)NCCc2cccc(F)c2)CC(C)O1. The van der Waals surface area contributed by atoms with Gasteiger partial charge in [-0.05, 0) is 38.0 Å². The Morgan fingerprint density at radius 2 is 2.10 bits per heavy atom. The molecular formula is C15H21FN2O2. The summed E-state index contributed by atoms with van der Waals surface area (Å²) in [5, 5.41) is 2.87. The van der Waals surface area contributed by atoms with E-state index in [2.05, 4.69) is 5.32 Å². The molecule has 1 aromatic rings. The molecule has 0 aromatic heterocycles. The Balaban J connectivity index is 1.77. The summed E-state index contributed by atoms with van der Waals surface area (Å²) < 4.78 is 18.6. The Hall–Kier alpha value is -1.62. The molecule has 5 heteroatoms. The van der Waals surface area contributed by atoms with Gasteiger partial charge in [0.25, 0.3) is 0 Å². The lowest BCUT2D eigenvalue weighted by Crippen LogP contribution is -2.51. The first-order valence-corrected chi connectivity index (χ1v) is 6.97. The zero-order valence-electron chi connectivity index (χ0n) is 11.9. The molecule has 1 heterocycles. The molecule has 2 atom stereocenters. The fourth-order valence-electron chi connectivity index (χ4n) is 2.46. The largest absolute Gasteiger partial charge is 0.372 e. The van der Waals surface area contributed by atoms with E-state index < -0.39 is 0 Å². The average Bonchev–Trinajstić information content (AvgIpc) is 2.37. The first-order chi connectivity index (χ1) is 9.54. The van der Waals surface area contributed by atoms with Gasteiger partial charge in [-0.15, -0.1) is 0 Å². The number of urea groups is 1. The molecule has 1 aliphatic rings. The molecule has 1 aromatic carbocycles. The molecule has 2 rings (SSSR count). The molecule has 0 radical (unpaired) electrons. The Bertz CT molecular complexity index is 457. The van der Waals surface area contributed by atoms with Crippen LogP contribution in [0.25, 0.3) is 0 Å². The van der Waals surface area contributed by atoms with Crippen molar-refractivity contribution in [2.75, 3.05) is 19.6 Å². The van der Waals surface area contributed by atoms with Crippen molar-refractivity contribution in [1.29, 1.82) is 0 Å². The number of nitrogens with zero attached hydrogens (tertiary/aromatic N) is 1. The van der Waals surface area contributed by atoms with Gasteiger partial charge in [0.2, 0.25) is 0 Å². The molecule has 1 saturated heterocycles. The summed E-state index contributed by atoms with van der Waals surface area (Å²) in [7, 11) is 0. The number of carbonyl (C=O) groups excluding carboxylic acids is 1. The number of nitrogens with one attached hydrogen (secondary N) is 1. The summed E-state index contributed by atoms with van der Waals surface area (Å²) in [6.07, 6.45) is 0.749. The number of morpholine rings is 1. The topological polar surface area (TPSA) is 41.6 Å². The second-order valence-electron chi connectivity index (χ2n) is 5.27. The molecule has 0 spiro atoms. The van der Waals surface area contributed by atoms with Crippen LogP contribution in [0.3, 0.4) is 0 Å². The molecule has 0 saturated carbocycles. The fourth-order valence-corrected chi connectivity index (χ4v) is 2.46. The van der Waals surface area contributed by atoms with Gasteiger partial charge in [-0.1, -0.05) is 12.1 Å². The molecule has 1 fully saturated rings. The van der Waals surface area contributed by atoms with Crippen LogP contribution >= 0.6 is 0 Å². The van der Waals surface area contributed by atoms with Crippen LogP contribution in [-0.4, -0.2) is 42.8 Å². The maximum Gasteiger partial charge on any atom is 0.317 e. The van der Waals surface area contributed by atoms with E-state index >= 15 is 0 Å². The minimum absolute atomic E-state index is 0.0627. The molecule has 20 heavy (non-hydrogen) atoms.